The maximum Gasteiger partial charge on any atom is 0.315 e. The van der Waals surface area contributed by atoms with Crippen LogP contribution in [0.2, 0.25) is 0 Å². The van der Waals surface area contributed by atoms with Crippen molar-refractivity contribution in [3.63, 3.8) is 0 Å². The van der Waals surface area contributed by atoms with Crippen molar-refractivity contribution in [3.05, 3.63) is 29.6 Å². The molecule has 0 aromatic heterocycles. The second-order valence-electron chi connectivity index (χ2n) is 5.47. The smallest absolute Gasteiger partial charge is 0.315 e. The topological polar surface area (TPSA) is 55.4 Å². The van der Waals surface area contributed by atoms with E-state index in [1.807, 2.05) is 5.32 Å². The molecule has 1 N–H and O–H groups in total. The summed E-state index contributed by atoms with van der Waals surface area (Å²) in [7, 11) is 0. The number of alkyl halides is 2. The van der Waals surface area contributed by atoms with Gasteiger partial charge in [-0.05, 0) is 26.0 Å². The second-order valence-corrected chi connectivity index (χ2v) is 6.96. The van der Waals surface area contributed by atoms with Gasteiger partial charge in [0.25, 0.3) is 5.91 Å². The third kappa shape index (κ3) is 3.26. The molecule has 126 valence electrons. The quantitative estimate of drug-likeness (QED) is 0.501. The minimum Gasteiger partial charge on any atom is -0.452 e. The molecule has 4 nitrogen and oxygen atoms in total. The van der Waals surface area contributed by atoms with Crippen LogP contribution in [0.5, 0.6) is 0 Å². The molecule has 2 atom stereocenters. The van der Waals surface area contributed by atoms with E-state index in [1.165, 1.54) is 13.8 Å². The monoisotopic (exact) mass is 369 g/mol. The number of hydrogen-bond acceptors (Lipinski definition) is 3. The van der Waals surface area contributed by atoms with Gasteiger partial charge in [-0.25, -0.2) is 13.2 Å². The summed E-state index contributed by atoms with van der Waals surface area (Å²) < 4.78 is 43.1. The standard InChI is InChI=1S/C14H12Cl2F3NO3/c1-6(23-12(22)13(2)5-14(13,15)16)11(21)20-8-4-3-7(17)9(18)10(8)19/h3-4,6H,5H2,1-2H3,(H,20,21)/t6-,13-/m0/s1. The molecule has 0 heterocycles. The van der Waals surface area contributed by atoms with Crippen molar-refractivity contribution in [1.29, 1.82) is 0 Å². The van der Waals surface area contributed by atoms with Gasteiger partial charge in [0.2, 0.25) is 0 Å². The van der Waals surface area contributed by atoms with Crippen LogP contribution in [0, 0.1) is 22.9 Å². The molecule has 0 bridgehead atoms. The lowest BCUT2D eigenvalue weighted by atomic mass is 10.1. The van der Waals surface area contributed by atoms with E-state index in [0.717, 1.165) is 6.07 Å². The first kappa shape index (κ1) is 17.9. The Kier molecular flexibility index (Phi) is 4.56. The zero-order valence-electron chi connectivity index (χ0n) is 12.1. The average Bonchev–Trinajstić information content (AvgIpc) is 2.99. The Labute approximate surface area is 139 Å². The third-order valence-electron chi connectivity index (χ3n) is 3.65. The summed E-state index contributed by atoms with van der Waals surface area (Å²) in [5.41, 5.74) is -1.70. The summed E-state index contributed by atoms with van der Waals surface area (Å²) in [4.78, 5) is 23.8. The number of amides is 1. The maximum absolute atomic E-state index is 13.5. The van der Waals surface area contributed by atoms with Crippen molar-refractivity contribution in [2.24, 2.45) is 5.41 Å². The molecule has 1 fully saturated rings. The first-order valence-corrected chi connectivity index (χ1v) is 7.28. The van der Waals surface area contributed by atoms with Gasteiger partial charge in [0, 0.05) is 6.42 Å². The average molecular weight is 370 g/mol. The highest BCUT2D eigenvalue weighted by Crippen LogP contribution is 2.64. The van der Waals surface area contributed by atoms with Crippen LogP contribution in [-0.4, -0.2) is 22.3 Å². The SMILES string of the molecule is C[C@H](OC(=O)[C@]1(C)CC1(Cl)Cl)C(=O)Nc1ccc(F)c(F)c1F. The van der Waals surface area contributed by atoms with Crippen molar-refractivity contribution in [2.45, 2.75) is 30.7 Å². The zero-order valence-corrected chi connectivity index (χ0v) is 13.6. The predicted octanol–water partition coefficient (Wildman–Crippen LogP) is 3.56. The second kappa shape index (κ2) is 5.87. The van der Waals surface area contributed by atoms with Crippen molar-refractivity contribution in [3.8, 4) is 0 Å². The number of benzene rings is 1. The van der Waals surface area contributed by atoms with Gasteiger partial charge in [0.05, 0.1) is 5.69 Å². The van der Waals surface area contributed by atoms with Gasteiger partial charge in [-0.2, -0.15) is 0 Å². The molecule has 0 saturated heterocycles. The van der Waals surface area contributed by atoms with Crippen LogP contribution in [0.25, 0.3) is 0 Å². The number of esters is 1. The Morgan fingerprint density at radius 2 is 1.83 bits per heavy atom. The summed E-state index contributed by atoms with van der Waals surface area (Å²) in [6, 6.07) is 1.51. The minimum atomic E-state index is -1.72. The number of hydrogen-bond donors (Lipinski definition) is 1. The van der Waals surface area contributed by atoms with E-state index in [0.29, 0.717) is 6.07 Å². The van der Waals surface area contributed by atoms with Crippen LogP contribution in [0.3, 0.4) is 0 Å². The summed E-state index contributed by atoms with van der Waals surface area (Å²) in [6.07, 6.45) is -1.13. The largest absolute Gasteiger partial charge is 0.452 e. The molecule has 1 aliphatic rings. The first-order valence-electron chi connectivity index (χ1n) is 6.53. The minimum absolute atomic E-state index is 0.175. The Balaban J connectivity index is 2.01. The number of carbonyl (C=O) groups is 2. The lowest BCUT2D eigenvalue weighted by Gasteiger charge is -2.17. The lowest BCUT2D eigenvalue weighted by Crippen LogP contribution is -2.33. The molecule has 0 unspecified atom stereocenters. The molecule has 1 aliphatic carbocycles. The van der Waals surface area contributed by atoms with Gasteiger partial charge < -0.3 is 10.1 Å². The Morgan fingerprint density at radius 3 is 2.35 bits per heavy atom. The fourth-order valence-corrected chi connectivity index (χ4v) is 2.51. The van der Waals surface area contributed by atoms with E-state index in [-0.39, 0.29) is 6.42 Å². The van der Waals surface area contributed by atoms with E-state index in [4.69, 9.17) is 27.9 Å². The Hall–Kier alpha value is -1.47. The number of nitrogens with one attached hydrogen (secondary N) is 1. The van der Waals surface area contributed by atoms with Crippen LogP contribution in [0.15, 0.2) is 12.1 Å². The van der Waals surface area contributed by atoms with Crippen molar-refractivity contribution >= 4 is 40.8 Å². The van der Waals surface area contributed by atoms with E-state index >= 15 is 0 Å². The normalized spacial score (nSPS) is 23.1. The molecular formula is C14H12Cl2F3NO3. The van der Waals surface area contributed by atoms with Gasteiger partial charge in [-0.1, -0.05) is 0 Å². The summed E-state index contributed by atoms with van der Waals surface area (Å²) in [6.45, 7) is 2.72. The summed E-state index contributed by atoms with van der Waals surface area (Å²) >= 11 is 11.7. The number of rotatable bonds is 4. The molecular weight excluding hydrogens is 358 g/mol. The Morgan fingerprint density at radius 1 is 1.26 bits per heavy atom. The molecule has 1 aromatic carbocycles. The number of carbonyl (C=O) groups excluding carboxylic acids is 2. The predicted molar refractivity (Wildman–Crippen MR) is 77.7 cm³/mol. The van der Waals surface area contributed by atoms with Gasteiger partial charge in [-0.3, -0.25) is 9.59 Å². The fraction of sp³-hybridized carbons (Fsp3) is 0.429. The molecule has 1 saturated carbocycles. The number of anilines is 1. The molecule has 0 aliphatic heterocycles. The highest BCUT2D eigenvalue weighted by Gasteiger charge is 2.69. The van der Waals surface area contributed by atoms with Crippen molar-refractivity contribution in [2.75, 3.05) is 5.32 Å². The summed E-state index contributed by atoms with van der Waals surface area (Å²) in [5, 5.41) is 2.01. The number of ether oxygens (including phenoxy) is 1. The van der Waals surface area contributed by atoms with Crippen LogP contribution >= 0.6 is 23.2 Å². The van der Waals surface area contributed by atoms with E-state index < -0.39 is 50.9 Å². The third-order valence-corrected chi connectivity index (χ3v) is 4.76. The molecule has 2 rings (SSSR count). The van der Waals surface area contributed by atoms with Crippen LogP contribution in [0.1, 0.15) is 20.3 Å². The molecule has 0 radical (unpaired) electrons. The van der Waals surface area contributed by atoms with E-state index in [9.17, 15) is 22.8 Å². The van der Waals surface area contributed by atoms with Gasteiger partial charge in [0.15, 0.2) is 23.6 Å². The van der Waals surface area contributed by atoms with Gasteiger partial charge >= 0.3 is 5.97 Å². The highest BCUT2D eigenvalue weighted by molar-refractivity contribution is 6.53. The van der Waals surface area contributed by atoms with E-state index in [2.05, 4.69) is 0 Å². The van der Waals surface area contributed by atoms with E-state index in [1.54, 1.807) is 0 Å². The van der Waals surface area contributed by atoms with Gasteiger partial charge in [0.1, 0.15) is 9.75 Å². The molecule has 1 amide bonds. The first-order chi connectivity index (χ1) is 10.5. The highest BCUT2D eigenvalue weighted by atomic mass is 35.5. The van der Waals surface area contributed by atoms with Crippen LogP contribution in [0.4, 0.5) is 18.9 Å². The van der Waals surface area contributed by atoms with Crippen molar-refractivity contribution in [1.82, 2.24) is 0 Å². The number of halogens is 5. The summed E-state index contributed by atoms with van der Waals surface area (Å²) in [5.74, 6) is -6.35. The van der Waals surface area contributed by atoms with Crippen LogP contribution in [-0.2, 0) is 14.3 Å². The maximum atomic E-state index is 13.5. The Bertz CT molecular complexity index is 683. The van der Waals surface area contributed by atoms with Crippen LogP contribution < -0.4 is 5.32 Å². The molecule has 9 heteroatoms. The molecule has 1 aromatic rings. The lowest BCUT2D eigenvalue weighted by molar-refractivity contribution is -0.158. The zero-order chi connectivity index (χ0) is 17.6. The molecule has 23 heavy (non-hydrogen) atoms. The fourth-order valence-electron chi connectivity index (χ4n) is 1.82. The van der Waals surface area contributed by atoms with Gasteiger partial charge in [-0.15, -0.1) is 23.2 Å². The van der Waals surface area contributed by atoms with Crippen molar-refractivity contribution < 1.29 is 27.5 Å². The molecule has 0 spiro atoms.